The predicted molar refractivity (Wildman–Crippen MR) is 90.8 cm³/mol. The van der Waals surface area contributed by atoms with Gasteiger partial charge in [-0.2, -0.15) is 0 Å². The average Bonchev–Trinajstić information content (AvgIpc) is 2.95. The van der Waals surface area contributed by atoms with Crippen molar-refractivity contribution in [2.24, 2.45) is 0 Å². The maximum Gasteiger partial charge on any atom is 0.255 e. The van der Waals surface area contributed by atoms with Crippen LogP contribution in [0.1, 0.15) is 24.2 Å². The maximum absolute atomic E-state index is 12.4. The number of nitrogens with zero attached hydrogens (tertiary/aromatic N) is 3. The van der Waals surface area contributed by atoms with Crippen molar-refractivity contribution in [2.45, 2.75) is 20.0 Å². The van der Waals surface area contributed by atoms with E-state index >= 15 is 0 Å². The van der Waals surface area contributed by atoms with Gasteiger partial charge in [-0.25, -0.2) is 0 Å². The van der Waals surface area contributed by atoms with Gasteiger partial charge in [0.15, 0.2) is 5.65 Å². The molecule has 0 aliphatic carbocycles. The highest BCUT2D eigenvalue weighted by Gasteiger charge is 2.11. The molecule has 0 atom stereocenters. The Hall–Kier alpha value is -2.41. The molecule has 0 radical (unpaired) electrons. The Morgan fingerprint density at radius 3 is 2.74 bits per heavy atom. The first-order valence-corrected chi connectivity index (χ1v) is 7.89. The van der Waals surface area contributed by atoms with Gasteiger partial charge in [-0.05, 0) is 60.1 Å². The maximum atomic E-state index is 12.4. The van der Waals surface area contributed by atoms with Gasteiger partial charge >= 0.3 is 0 Å². The third-order valence-corrected chi connectivity index (χ3v) is 3.53. The van der Waals surface area contributed by atoms with E-state index in [1.165, 1.54) is 0 Å². The average molecular weight is 375 g/mol. The SMILES string of the molecule is CC(C)Oc1ccc(C(=O)Nc2cc(Br)cn3cnnc23)cc1. The van der Waals surface area contributed by atoms with Crippen LogP contribution in [0, 0.1) is 0 Å². The molecule has 3 aromatic rings. The molecule has 23 heavy (non-hydrogen) atoms. The molecule has 7 heteroatoms. The normalized spacial score (nSPS) is 11.0. The van der Waals surface area contributed by atoms with E-state index in [0.29, 0.717) is 16.9 Å². The summed E-state index contributed by atoms with van der Waals surface area (Å²) >= 11 is 3.40. The van der Waals surface area contributed by atoms with Gasteiger partial charge in [-0.1, -0.05) is 0 Å². The van der Waals surface area contributed by atoms with Crippen LogP contribution in [0.15, 0.2) is 47.3 Å². The molecular weight excluding hydrogens is 360 g/mol. The van der Waals surface area contributed by atoms with E-state index in [2.05, 4.69) is 31.4 Å². The number of anilines is 1. The van der Waals surface area contributed by atoms with E-state index in [4.69, 9.17) is 4.74 Å². The van der Waals surface area contributed by atoms with Crippen LogP contribution in [0.5, 0.6) is 5.75 Å². The van der Waals surface area contributed by atoms with E-state index in [1.807, 2.05) is 20.0 Å². The highest BCUT2D eigenvalue weighted by molar-refractivity contribution is 9.10. The number of rotatable bonds is 4. The predicted octanol–water partition coefficient (Wildman–Crippen LogP) is 3.53. The Morgan fingerprint density at radius 2 is 2.04 bits per heavy atom. The smallest absolute Gasteiger partial charge is 0.255 e. The Bertz CT molecular complexity index is 843. The van der Waals surface area contributed by atoms with Gasteiger partial charge in [-0.15, -0.1) is 10.2 Å². The fourth-order valence-electron chi connectivity index (χ4n) is 2.15. The van der Waals surface area contributed by atoms with Crippen molar-refractivity contribution in [1.82, 2.24) is 14.6 Å². The van der Waals surface area contributed by atoms with Crippen molar-refractivity contribution in [3.63, 3.8) is 0 Å². The lowest BCUT2D eigenvalue weighted by atomic mass is 10.2. The van der Waals surface area contributed by atoms with Crippen LogP contribution in [0.4, 0.5) is 5.69 Å². The molecule has 0 saturated heterocycles. The fourth-order valence-corrected chi connectivity index (χ4v) is 2.60. The summed E-state index contributed by atoms with van der Waals surface area (Å²) in [6.07, 6.45) is 3.49. The Balaban J connectivity index is 1.82. The highest BCUT2D eigenvalue weighted by Crippen LogP contribution is 2.22. The minimum atomic E-state index is -0.218. The summed E-state index contributed by atoms with van der Waals surface area (Å²) in [5.74, 6) is 0.517. The van der Waals surface area contributed by atoms with Gasteiger partial charge in [0.1, 0.15) is 12.1 Å². The summed E-state index contributed by atoms with van der Waals surface area (Å²) in [5, 5.41) is 10.7. The number of amides is 1. The summed E-state index contributed by atoms with van der Waals surface area (Å²) in [6.45, 7) is 3.91. The highest BCUT2D eigenvalue weighted by atomic mass is 79.9. The van der Waals surface area contributed by atoms with E-state index in [0.717, 1.165) is 10.2 Å². The summed E-state index contributed by atoms with van der Waals surface area (Å²) < 4.78 is 8.13. The second-order valence-corrected chi connectivity index (χ2v) is 6.19. The standard InChI is InChI=1S/C16H15BrN4O2/c1-10(2)23-13-5-3-11(4-6-13)16(22)19-14-7-12(17)8-21-9-18-20-15(14)21/h3-10H,1-2H3,(H,19,22). The van der Waals surface area contributed by atoms with Gasteiger partial charge in [0.25, 0.3) is 5.91 Å². The molecule has 0 aliphatic heterocycles. The van der Waals surface area contributed by atoms with Crippen molar-refractivity contribution in [2.75, 3.05) is 5.32 Å². The van der Waals surface area contributed by atoms with E-state index in [-0.39, 0.29) is 12.0 Å². The molecule has 3 rings (SSSR count). The molecule has 2 heterocycles. The number of aromatic nitrogens is 3. The molecule has 0 saturated carbocycles. The van der Waals surface area contributed by atoms with Crippen LogP contribution in [0.25, 0.3) is 5.65 Å². The zero-order valence-electron chi connectivity index (χ0n) is 12.7. The summed E-state index contributed by atoms with van der Waals surface area (Å²) in [5.41, 5.74) is 1.71. The topological polar surface area (TPSA) is 68.5 Å². The minimum Gasteiger partial charge on any atom is -0.491 e. The summed E-state index contributed by atoms with van der Waals surface area (Å²) in [7, 11) is 0. The molecule has 0 bridgehead atoms. The quantitative estimate of drug-likeness (QED) is 0.758. The van der Waals surface area contributed by atoms with Crippen molar-refractivity contribution in [1.29, 1.82) is 0 Å². The number of hydrogen-bond donors (Lipinski definition) is 1. The van der Waals surface area contributed by atoms with Gasteiger partial charge in [0.2, 0.25) is 0 Å². The van der Waals surface area contributed by atoms with Gasteiger partial charge < -0.3 is 10.1 Å². The first kappa shape index (κ1) is 15.5. The molecule has 1 aromatic carbocycles. The van der Waals surface area contributed by atoms with Gasteiger partial charge in [-0.3, -0.25) is 9.20 Å². The molecular formula is C16H15BrN4O2. The number of pyridine rings is 1. The number of fused-ring (bicyclic) bond motifs is 1. The second-order valence-electron chi connectivity index (χ2n) is 5.28. The molecule has 0 aliphatic rings. The Morgan fingerprint density at radius 1 is 1.30 bits per heavy atom. The van der Waals surface area contributed by atoms with Crippen LogP contribution in [-0.4, -0.2) is 26.6 Å². The minimum absolute atomic E-state index is 0.0950. The van der Waals surface area contributed by atoms with E-state index in [1.54, 1.807) is 41.1 Å². The molecule has 2 aromatic heterocycles. The number of nitrogens with one attached hydrogen (secondary N) is 1. The van der Waals surface area contributed by atoms with Crippen LogP contribution in [-0.2, 0) is 0 Å². The fraction of sp³-hybridized carbons (Fsp3) is 0.188. The number of benzene rings is 1. The van der Waals surface area contributed by atoms with E-state index in [9.17, 15) is 4.79 Å². The third-order valence-electron chi connectivity index (χ3n) is 3.10. The lowest BCUT2D eigenvalue weighted by Gasteiger charge is -2.10. The van der Waals surface area contributed by atoms with Crippen molar-refractivity contribution >= 4 is 33.2 Å². The zero-order valence-corrected chi connectivity index (χ0v) is 14.2. The zero-order chi connectivity index (χ0) is 16.4. The summed E-state index contributed by atoms with van der Waals surface area (Å²) in [4.78, 5) is 12.4. The first-order chi connectivity index (χ1) is 11.0. The third kappa shape index (κ3) is 3.50. The van der Waals surface area contributed by atoms with Crippen LogP contribution < -0.4 is 10.1 Å². The number of ether oxygens (including phenoxy) is 1. The van der Waals surface area contributed by atoms with Crippen molar-refractivity contribution < 1.29 is 9.53 Å². The largest absolute Gasteiger partial charge is 0.491 e. The van der Waals surface area contributed by atoms with Crippen molar-refractivity contribution in [3.05, 3.63) is 52.9 Å². The molecule has 6 nitrogen and oxygen atoms in total. The van der Waals surface area contributed by atoms with Gasteiger partial charge in [0.05, 0.1) is 11.8 Å². The lowest BCUT2D eigenvalue weighted by molar-refractivity contribution is 0.102. The molecule has 118 valence electrons. The Labute approximate surface area is 141 Å². The molecule has 0 unspecified atom stereocenters. The molecule has 0 spiro atoms. The van der Waals surface area contributed by atoms with Crippen LogP contribution in [0.3, 0.4) is 0 Å². The Kier molecular flexibility index (Phi) is 4.29. The van der Waals surface area contributed by atoms with Crippen molar-refractivity contribution in [3.8, 4) is 5.75 Å². The summed E-state index contributed by atoms with van der Waals surface area (Å²) in [6, 6.07) is 8.81. The molecule has 0 fully saturated rings. The first-order valence-electron chi connectivity index (χ1n) is 7.10. The van der Waals surface area contributed by atoms with Crippen LogP contribution in [0.2, 0.25) is 0 Å². The van der Waals surface area contributed by atoms with Crippen LogP contribution >= 0.6 is 15.9 Å². The molecule has 1 amide bonds. The number of halogens is 1. The second kappa shape index (κ2) is 6.37. The number of carbonyl (C=O) groups excluding carboxylic acids is 1. The van der Waals surface area contributed by atoms with E-state index < -0.39 is 0 Å². The number of hydrogen-bond acceptors (Lipinski definition) is 4. The van der Waals surface area contributed by atoms with Gasteiger partial charge in [0, 0.05) is 16.2 Å². The lowest BCUT2D eigenvalue weighted by Crippen LogP contribution is -2.13. The molecule has 1 N–H and O–H groups in total. The number of carbonyl (C=O) groups is 1. The monoisotopic (exact) mass is 374 g/mol.